The van der Waals surface area contributed by atoms with Gasteiger partial charge in [0.25, 0.3) is 0 Å². The van der Waals surface area contributed by atoms with Crippen LogP contribution >= 0.6 is 0 Å². The molecule has 1 aliphatic carbocycles. The van der Waals surface area contributed by atoms with Gasteiger partial charge in [0.15, 0.2) is 0 Å². The van der Waals surface area contributed by atoms with Gasteiger partial charge in [-0.15, -0.1) is 0 Å². The molecule has 0 amide bonds. The third kappa shape index (κ3) is 2.43. The lowest BCUT2D eigenvalue weighted by molar-refractivity contribution is 0.380. The van der Waals surface area contributed by atoms with Crippen molar-refractivity contribution in [2.24, 2.45) is 5.41 Å². The third-order valence-corrected chi connectivity index (χ3v) is 3.75. The summed E-state index contributed by atoms with van der Waals surface area (Å²) in [6, 6.07) is 10.5. The second kappa shape index (κ2) is 4.27. The molecule has 0 bridgehead atoms. The lowest BCUT2D eigenvalue weighted by Gasteiger charge is -2.20. The van der Waals surface area contributed by atoms with E-state index >= 15 is 0 Å². The molecule has 0 aliphatic heterocycles. The van der Waals surface area contributed by atoms with E-state index in [2.05, 4.69) is 31.3 Å². The van der Waals surface area contributed by atoms with Gasteiger partial charge in [-0.25, -0.2) is 0 Å². The molecule has 1 aromatic carbocycles. The van der Waals surface area contributed by atoms with Crippen LogP contribution in [0.5, 0.6) is 0 Å². The summed E-state index contributed by atoms with van der Waals surface area (Å²) in [5.74, 6) is 0. The SMILES string of the molecule is CC(NCc1cccc(C#N)c1)C1(C)CC1. The molecule has 1 unspecified atom stereocenters. The molecule has 1 aliphatic rings. The van der Waals surface area contributed by atoms with Crippen LogP contribution in [0.4, 0.5) is 0 Å². The van der Waals surface area contributed by atoms with E-state index in [4.69, 9.17) is 5.26 Å². The van der Waals surface area contributed by atoms with Crippen LogP contribution in [-0.2, 0) is 6.54 Å². The molecule has 0 saturated heterocycles. The van der Waals surface area contributed by atoms with Gasteiger partial charge >= 0.3 is 0 Å². The Morgan fingerprint density at radius 2 is 2.25 bits per heavy atom. The first kappa shape index (κ1) is 11.2. The van der Waals surface area contributed by atoms with Gasteiger partial charge in [0.1, 0.15) is 0 Å². The van der Waals surface area contributed by atoms with Crippen molar-refractivity contribution in [2.75, 3.05) is 0 Å². The Morgan fingerprint density at radius 3 is 2.88 bits per heavy atom. The first-order valence-electron chi connectivity index (χ1n) is 5.86. The van der Waals surface area contributed by atoms with Crippen molar-refractivity contribution in [3.05, 3.63) is 35.4 Å². The van der Waals surface area contributed by atoms with Crippen molar-refractivity contribution in [3.8, 4) is 6.07 Å². The summed E-state index contributed by atoms with van der Waals surface area (Å²) in [4.78, 5) is 0. The van der Waals surface area contributed by atoms with Crippen molar-refractivity contribution in [3.63, 3.8) is 0 Å². The Hall–Kier alpha value is -1.33. The van der Waals surface area contributed by atoms with Crippen LogP contribution < -0.4 is 5.32 Å². The van der Waals surface area contributed by atoms with Gasteiger partial charge in [0.2, 0.25) is 0 Å². The molecule has 84 valence electrons. The van der Waals surface area contributed by atoms with Crippen LogP contribution in [0.15, 0.2) is 24.3 Å². The first-order chi connectivity index (χ1) is 7.64. The minimum Gasteiger partial charge on any atom is -0.310 e. The zero-order valence-corrected chi connectivity index (χ0v) is 9.96. The average molecular weight is 214 g/mol. The van der Waals surface area contributed by atoms with E-state index in [1.165, 1.54) is 18.4 Å². The molecule has 0 heterocycles. The second-order valence-electron chi connectivity index (χ2n) is 5.07. The summed E-state index contributed by atoms with van der Waals surface area (Å²) < 4.78 is 0. The molecule has 2 rings (SSSR count). The number of nitrogens with one attached hydrogen (secondary N) is 1. The summed E-state index contributed by atoms with van der Waals surface area (Å²) >= 11 is 0. The zero-order valence-electron chi connectivity index (χ0n) is 9.96. The first-order valence-corrected chi connectivity index (χ1v) is 5.86. The lowest BCUT2D eigenvalue weighted by atomic mass is 10.0. The molecular formula is C14H18N2. The maximum Gasteiger partial charge on any atom is 0.0991 e. The van der Waals surface area contributed by atoms with Crippen LogP contribution in [0.1, 0.15) is 37.8 Å². The van der Waals surface area contributed by atoms with Crippen molar-refractivity contribution >= 4 is 0 Å². The number of benzene rings is 1. The van der Waals surface area contributed by atoms with Gasteiger partial charge in [-0.05, 0) is 42.9 Å². The number of nitriles is 1. The smallest absolute Gasteiger partial charge is 0.0991 e. The minimum atomic E-state index is 0.507. The van der Waals surface area contributed by atoms with Crippen LogP contribution in [0.25, 0.3) is 0 Å². The molecule has 0 radical (unpaired) electrons. The number of nitrogens with zero attached hydrogens (tertiary/aromatic N) is 1. The van der Waals surface area contributed by atoms with Gasteiger partial charge in [-0.1, -0.05) is 19.1 Å². The quantitative estimate of drug-likeness (QED) is 0.836. The summed E-state index contributed by atoms with van der Waals surface area (Å²) in [5, 5.41) is 12.4. The second-order valence-corrected chi connectivity index (χ2v) is 5.07. The monoisotopic (exact) mass is 214 g/mol. The number of rotatable bonds is 4. The summed E-state index contributed by atoms with van der Waals surface area (Å²) in [6.07, 6.45) is 2.67. The molecule has 1 N–H and O–H groups in total. The largest absolute Gasteiger partial charge is 0.310 e. The van der Waals surface area contributed by atoms with Gasteiger partial charge in [-0.3, -0.25) is 0 Å². The predicted molar refractivity (Wildman–Crippen MR) is 64.8 cm³/mol. The molecular weight excluding hydrogens is 196 g/mol. The summed E-state index contributed by atoms with van der Waals surface area (Å²) in [5.41, 5.74) is 2.44. The van der Waals surface area contributed by atoms with Crippen LogP contribution in [0.2, 0.25) is 0 Å². The lowest BCUT2D eigenvalue weighted by Crippen LogP contribution is -2.32. The van der Waals surface area contributed by atoms with E-state index in [1.807, 2.05) is 18.2 Å². The van der Waals surface area contributed by atoms with Crippen LogP contribution in [-0.4, -0.2) is 6.04 Å². The fraction of sp³-hybridized carbons (Fsp3) is 0.500. The van der Waals surface area contributed by atoms with Gasteiger partial charge < -0.3 is 5.32 Å². The van der Waals surface area contributed by atoms with Gasteiger partial charge in [0.05, 0.1) is 11.6 Å². The van der Waals surface area contributed by atoms with Crippen LogP contribution in [0, 0.1) is 16.7 Å². The third-order valence-electron chi connectivity index (χ3n) is 3.75. The van der Waals surface area contributed by atoms with Crippen molar-refractivity contribution in [2.45, 2.75) is 39.3 Å². The Bertz CT molecular complexity index is 413. The molecule has 2 heteroatoms. The molecule has 2 nitrogen and oxygen atoms in total. The van der Waals surface area contributed by atoms with E-state index < -0.39 is 0 Å². The molecule has 1 atom stereocenters. The number of hydrogen-bond donors (Lipinski definition) is 1. The van der Waals surface area contributed by atoms with Gasteiger partial charge in [-0.2, -0.15) is 5.26 Å². The van der Waals surface area contributed by atoms with E-state index in [0.29, 0.717) is 11.5 Å². The van der Waals surface area contributed by atoms with Crippen molar-refractivity contribution in [1.82, 2.24) is 5.32 Å². The Balaban J connectivity index is 1.92. The minimum absolute atomic E-state index is 0.507. The van der Waals surface area contributed by atoms with E-state index in [9.17, 15) is 0 Å². The summed E-state index contributed by atoms with van der Waals surface area (Å²) in [6.45, 7) is 5.43. The standard InChI is InChI=1S/C14H18N2/c1-11(14(2)6-7-14)16-10-13-5-3-4-12(8-13)9-15/h3-5,8,11,16H,6-7,10H2,1-2H3. The molecule has 0 spiro atoms. The Labute approximate surface area is 97.3 Å². The molecule has 1 saturated carbocycles. The molecule has 1 aromatic rings. The Kier molecular flexibility index (Phi) is 2.98. The molecule has 16 heavy (non-hydrogen) atoms. The highest BCUT2D eigenvalue weighted by Gasteiger charge is 2.42. The van der Waals surface area contributed by atoms with E-state index in [-0.39, 0.29) is 0 Å². The fourth-order valence-electron chi connectivity index (χ4n) is 1.90. The molecule has 1 fully saturated rings. The highest BCUT2D eigenvalue weighted by Crippen LogP contribution is 2.47. The predicted octanol–water partition coefficient (Wildman–Crippen LogP) is 2.84. The van der Waals surface area contributed by atoms with Crippen molar-refractivity contribution in [1.29, 1.82) is 5.26 Å². The fourth-order valence-corrected chi connectivity index (χ4v) is 1.90. The molecule has 0 aromatic heterocycles. The summed E-state index contributed by atoms with van der Waals surface area (Å²) in [7, 11) is 0. The normalized spacial score (nSPS) is 18.8. The highest BCUT2D eigenvalue weighted by atomic mass is 14.9. The zero-order chi connectivity index (χ0) is 11.6. The maximum absolute atomic E-state index is 8.81. The number of hydrogen-bond acceptors (Lipinski definition) is 2. The van der Waals surface area contributed by atoms with E-state index in [0.717, 1.165) is 12.1 Å². The maximum atomic E-state index is 8.81. The van der Waals surface area contributed by atoms with E-state index in [1.54, 1.807) is 0 Å². The van der Waals surface area contributed by atoms with Crippen LogP contribution in [0.3, 0.4) is 0 Å². The van der Waals surface area contributed by atoms with Crippen molar-refractivity contribution < 1.29 is 0 Å². The highest BCUT2D eigenvalue weighted by molar-refractivity contribution is 5.32. The Morgan fingerprint density at radius 1 is 1.50 bits per heavy atom. The topological polar surface area (TPSA) is 35.8 Å². The van der Waals surface area contributed by atoms with Gasteiger partial charge in [0, 0.05) is 12.6 Å². The average Bonchev–Trinajstić information content (AvgIpc) is 3.06.